The number of aromatic nitrogens is 3. The SMILES string of the molecule is CCn1cnnc1CNCC1CCCO1. The molecule has 5 heteroatoms. The van der Waals surface area contributed by atoms with Crippen molar-refractivity contribution in [1.29, 1.82) is 0 Å². The summed E-state index contributed by atoms with van der Waals surface area (Å²) in [6.07, 6.45) is 4.52. The molecule has 15 heavy (non-hydrogen) atoms. The first kappa shape index (κ1) is 10.6. The van der Waals surface area contributed by atoms with E-state index < -0.39 is 0 Å². The molecule has 1 saturated heterocycles. The molecule has 1 N–H and O–H groups in total. The molecule has 0 spiro atoms. The van der Waals surface area contributed by atoms with Gasteiger partial charge in [0.1, 0.15) is 12.2 Å². The van der Waals surface area contributed by atoms with Crippen molar-refractivity contribution >= 4 is 0 Å². The molecule has 1 atom stereocenters. The Bertz CT molecular complexity index is 293. The minimum Gasteiger partial charge on any atom is -0.377 e. The molecule has 0 aromatic carbocycles. The molecule has 0 bridgehead atoms. The van der Waals surface area contributed by atoms with E-state index in [1.165, 1.54) is 12.8 Å². The minimum atomic E-state index is 0.392. The molecule has 1 aliphatic rings. The lowest BCUT2D eigenvalue weighted by Crippen LogP contribution is -2.27. The van der Waals surface area contributed by atoms with Crippen molar-refractivity contribution in [1.82, 2.24) is 20.1 Å². The van der Waals surface area contributed by atoms with E-state index in [9.17, 15) is 0 Å². The van der Waals surface area contributed by atoms with E-state index in [1.54, 1.807) is 6.33 Å². The van der Waals surface area contributed by atoms with Crippen molar-refractivity contribution in [2.24, 2.45) is 0 Å². The first-order chi connectivity index (χ1) is 7.40. The highest BCUT2D eigenvalue weighted by Gasteiger charge is 2.14. The molecular weight excluding hydrogens is 192 g/mol. The van der Waals surface area contributed by atoms with Gasteiger partial charge in [-0.25, -0.2) is 0 Å². The lowest BCUT2D eigenvalue weighted by molar-refractivity contribution is 0.109. The summed E-state index contributed by atoms with van der Waals surface area (Å²) in [5.41, 5.74) is 0. The molecule has 5 nitrogen and oxygen atoms in total. The van der Waals surface area contributed by atoms with Gasteiger partial charge in [0.05, 0.1) is 12.6 Å². The number of ether oxygens (including phenoxy) is 1. The van der Waals surface area contributed by atoms with Crippen LogP contribution in [0.25, 0.3) is 0 Å². The fraction of sp³-hybridized carbons (Fsp3) is 0.800. The van der Waals surface area contributed by atoms with Crippen LogP contribution in [0, 0.1) is 0 Å². The topological polar surface area (TPSA) is 52.0 Å². The summed E-state index contributed by atoms with van der Waals surface area (Å²) < 4.78 is 7.57. The molecule has 1 aromatic heterocycles. The Hall–Kier alpha value is -0.940. The molecule has 84 valence electrons. The first-order valence-electron chi connectivity index (χ1n) is 5.59. The van der Waals surface area contributed by atoms with Crippen LogP contribution < -0.4 is 5.32 Å². The smallest absolute Gasteiger partial charge is 0.146 e. The van der Waals surface area contributed by atoms with Gasteiger partial charge in [-0.05, 0) is 19.8 Å². The highest BCUT2D eigenvalue weighted by atomic mass is 16.5. The molecule has 2 heterocycles. The van der Waals surface area contributed by atoms with E-state index >= 15 is 0 Å². The Balaban J connectivity index is 1.73. The van der Waals surface area contributed by atoms with Crippen molar-refractivity contribution in [2.75, 3.05) is 13.2 Å². The average molecular weight is 210 g/mol. The highest BCUT2D eigenvalue weighted by molar-refractivity contribution is 4.85. The van der Waals surface area contributed by atoms with Crippen LogP contribution >= 0.6 is 0 Å². The van der Waals surface area contributed by atoms with Crippen molar-refractivity contribution in [3.8, 4) is 0 Å². The predicted octanol–water partition coefficient (Wildman–Crippen LogP) is 0.567. The Morgan fingerprint density at radius 1 is 1.67 bits per heavy atom. The maximum absolute atomic E-state index is 5.52. The van der Waals surface area contributed by atoms with E-state index in [1.807, 2.05) is 4.57 Å². The van der Waals surface area contributed by atoms with Gasteiger partial charge >= 0.3 is 0 Å². The normalized spacial score (nSPS) is 21.0. The second-order valence-electron chi connectivity index (χ2n) is 3.80. The van der Waals surface area contributed by atoms with Crippen LogP contribution in [0.2, 0.25) is 0 Å². The van der Waals surface area contributed by atoms with Crippen molar-refractivity contribution in [3.63, 3.8) is 0 Å². The molecular formula is C10H18N4O. The number of nitrogens with zero attached hydrogens (tertiary/aromatic N) is 3. The van der Waals surface area contributed by atoms with Crippen molar-refractivity contribution in [2.45, 2.75) is 39.0 Å². The lowest BCUT2D eigenvalue weighted by Gasteiger charge is -2.10. The molecule has 0 saturated carbocycles. The molecule has 1 fully saturated rings. The highest BCUT2D eigenvalue weighted by Crippen LogP contribution is 2.10. The Kier molecular flexibility index (Phi) is 3.69. The monoisotopic (exact) mass is 210 g/mol. The van der Waals surface area contributed by atoms with Crippen LogP contribution in [-0.4, -0.2) is 34.0 Å². The van der Waals surface area contributed by atoms with Gasteiger partial charge in [-0.2, -0.15) is 0 Å². The van der Waals surface area contributed by atoms with Gasteiger partial charge in [-0.3, -0.25) is 0 Å². The van der Waals surface area contributed by atoms with Crippen LogP contribution in [0.3, 0.4) is 0 Å². The van der Waals surface area contributed by atoms with E-state index in [2.05, 4.69) is 22.4 Å². The van der Waals surface area contributed by atoms with E-state index in [4.69, 9.17) is 4.74 Å². The number of rotatable bonds is 5. The fourth-order valence-electron chi connectivity index (χ4n) is 1.83. The molecule has 0 aliphatic carbocycles. The van der Waals surface area contributed by atoms with Crippen LogP contribution in [0.15, 0.2) is 6.33 Å². The first-order valence-corrected chi connectivity index (χ1v) is 5.59. The van der Waals surface area contributed by atoms with Crippen molar-refractivity contribution in [3.05, 3.63) is 12.2 Å². The minimum absolute atomic E-state index is 0.392. The van der Waals surface area contributed by atoms with Gasteiger partial charge in [-0.15, -0.1) is 10.2 Å². The van der Waals surface area contributed by atoms with Crippen molar-refractivity contribution < 1.29 is 4.74 Å². The van der Waals surface area contributed by atoms with Crippen LogP contribution in [0.4, 0.5) is 0 Å². The number of hydrogen-bond donors (Lipinski definition) is 1. The third-order valence-electron chi connectivity index (χ3n) is 2.72. The van der Waals surface area contributed by atoms with Gasteiger partial charge in [-0.1, -0.05) is 0 Å². The predicted molar refractivity (Wildman–Crippen MR) is 56.4 cm³/mol. The third kappa shape index (κ3) is 2.76. The maximum Gasteiger partial charge on any atom is 0.146 e. The largest absolute Gasteiger partial charge is 0.377 e. The molecule has 1 aromatic rings. The summed E-state index contributed by atoms with van der Waals surface area (Å²) in [6, 6.07) is 0. The summed E-state index contributed by atoms with van der Waals surface area (Å²) in [5, 5.41) is 11.3. The number of hydrogen-bond acceptors (Lipinski definition) is 4. The van der Waals surface area contributed by atoms with Crippen LogP contribution in [-0.2, 0) is 17.8 Å². The molecule has 2 rings (SSSR count). The van der Waals surface area contributed by atoms with Crippen LogP contribution in [0.5, 0.6) is 0 Å². The Morgan fingerprint density at radius 2 is 2.60 bits per heavy atom. The Morgan fingerprint density at radius 3 is 3.33 bits per heavy atom. The molecule has 1 unspecified atom stereocenters. The zero-order chi connectivity index (χ0) is 10.5. The van der Waals surface area contributed by atoms with Gasteiger partial charge in [0, 0.05) is 19.7 Å². The standard InChI is InChI=1S/C10H18N4O/c1-2-14-8-12-13-10(14)7-11-6-9-4-3-5-15-9/h8-9,11H,2-7H2,1H3. The maximum atomic E-state index is 5.52. The third-order valence-corrected chi connectivity index (χ3v) is 2.72. The zero-order valence-corrected chi connectivity index (χ0v) is 9.15. The van der Waals surface area contributed by atoms with E-state index in [0.717, 1.165) is 32.1 Å². The second-order valence-corrected chi connectivity index (χ2v) is 3.80. The van der Waals surface area contributed by atoms with Gasteiger partial charge in [0.2, 0.25) is 0 Å². The average Bonchev–Trinajstić information content (AvgIpc) is 2.88. The van der Waals surface area contributed by atoms with E-state index in [0.29, 0.717) is 6.10 Å². The van der Waals surface area contributed by atoms with Gasteiger partial charge in [0.15, 0.2) is 0 Å². The summed E-state index contributed by atoms with van der Waals surface area (Å²) in [4.78, 5) is 0. The second kappa shape index (κ2) is 5.23. The molecule has 1 aliphatic heterocycles. The quantitative estimate of drug-likeness (QED) is 0.772. The van der Waals surface area contributed by atoms with Gasteiger partial charge in [0.25, 0.3) is 0 Å². The van der Waals surface area contributed by atoms with E-state index in [-0.39, 0.29) is 0 Å². The lowest BCUT2D eigenvalue weighted by atomic mass is 10.2. The number of nitrogens with one attached hydrogen (secondary N) is 1. The molecule has 0 radical (unpaired) electrons. The summed E-state index contributed by atoms with van der Waals surface area (Å²) in [6.45, 7) is 5.61. The number of aryl methyl sites for hydroxylation is 1. The summed E-state index contributed by atoms with van der Waals surface area (Å²) in [5.74, 6) is 0.996. The fourth-order valence-corrected chi connectivity index (χ4v) is 1.83. The zero-order valence-electron chi connectivity index (χ0n) is 9.15. The van der Waals surface area contributed by atoms with Crippen LogP contribution in [0.1, 0.15) is 25.6 Å². The Labute approximate surface area is 89.8 Å². The summed E-state index contributed by atoms with van der Waals surface area (Å²) in [7, 11) is 0. The van der Waals surface area contributed by atoms with Gasteiger partial charge < -0.3 is 14.6 Å². The summed E-state index contributed by atoms with van der Waals surface area (Å²) >= 11 is 0. The molecule has 0 amide bonds.